The van der Waals surface area contributed by atoms with E-state index in [9.17, 15) is 4.79 Å². The van der Waals surface area contributed by atoms with Crippen LogP contribution in [0.1, 0.15) is 5.56 Å². The lowest BCUT2D eigenvalue weighted by molar-refractivity contribution is 0.924. The van der Waals surface area contributed by atoms with Gasteiger partial charge in [0.25, 0.3) is 5.56 Å². The quantitative estimate of drug-likeness (QED) is 0.660. The second-order valence-corrected chi connectivity index (χ2v) is 4.37. The Morgan fingerprint density at radius 2 is 2.11 bits per heavy atom. The fraction of sp³-hybridized carbons (Fsp3) is 0.143. The molecule has 0 aliphatic rings. The van der Waals surface area contributed by atoms with E-state index in [1.165, 1.54) is 0 Å². The number of H-pyrrole nitrogens is 2. The predicted molar refractivity (Wildman–Crippen MR) is 74.9 cm³/mol. The molecule has 3 rings (SSSR count). The number of aromatic amines is 2. The summed E-state index contributed by atoms with van der Waals surface area (Å²) in [6, 6.07) is 7.90. The summed E-state index contributed by atoms with van der Waals surface area (Å²) in [4.78, 5) is 22.2. The highest BCUT2D eigenvalue weighted by Gasteiger charge is 2.09. The molecule has 0 aliphatic carbocycles. The van der Waals surface area contributed by atoms with E-state index in [1.54, 1.807) is 6.20 Å². The summed E-state index contributed by atoms with van der Waals surface area (Å²) in [7, 11) is 0. The zero-order valence-electron chi connectivity index (χ0n) is 10.3. The molecule has 0 saturated carbocycles. The highest BCUT2D eigenvalue weighted by atomic mass is 16.1. The van der Waals surface area contributed by atoms with Crippen LogP contribution in [0.5, 0.6) is 0 Å². The number of fused-ring (bicyclic) bond motifs is 1. The third-order valence-corrected chi connectivity index (χ3v) is 3.13. The van der Waals surface area contributed by atoms with Crippen LogP contribution in [0.2, 0.25) is 0 Å². The van der Waals surface area contributed by atoms with Crippen molar-refractivity contribution in [1.29, 1.82) is 0 Å². The number of rotatable bonds is 3. The fourth-order valence-electron chi connectivity index (χ4n) is 2.16. The van der Waals surface area contributed by atoms with Gasteiger partial charge in [0.2, 0.25) is 0 Å². The molecule has 0 aliphatic heterocycles. The molecule has 0 amide bonds. The van der Waals surface area contributed by atoms with Gasteiger partial charge in [-0.3, -0.25) is 4.79 Å². The standard InChI is InChI=1S/C14H14N4O/c15-6-5-9-7-17-13(18-14(9)19)11-8-16-12-4-2-1-3-10(11)12/h1-4,7-8,16H,5-6,15H2,(H,17,18,19). The smallest absolute Gasteiger partial charge is 0.254 e. The van der Waals surface area contributed by atoms with Crippen LogP contribution in [0.3, 0.4) is 0 Å². The number of nitrogens with one attached hydrogen (secondary N) is 2. The lowest BCUT2D eigenvalue weighted by atomic mass is 10.1. The van der Waals surface area contributed by atoms with Gasteiger partial charge in [-0.2, -0.15) is 0 Å². The monoisotopic (exact) mass is 254 g/mol. The third-order valence-electron chi connectivity index (χ3n) is 3.13. The van der Waals surface area contributed by atoms with E-state index in [0.717, 1.165) is 16.5 Å². The van der Waals surface area contributed by atoms with Crippen molar-refractivity contribution in [2.75, 3.05) is 6.54 Å². The number of hydrogen-bond acceptors (Lipinski definition) is 3. The summed E-state index contributed by atoms with van der Waals surface area (Å²) < 4.78 is 0. The van der Waals surface area contributed by atoms with Gasteiger partial charge in [0.1, 0.15) is 5.82 Å². The highest BCUT2D eigenvalue weighted by molar-refractivity contribution is 5.93. The molecule has 5 nitrogen and oxygen atoms in total. The topological polar surface area (TPSA) is 87.6 Å². The number of nitrogens with two attached hydrogens (primary N) is 1. The van der Waals surface area contributed by atoms with Gasteiger partial charge in [-0.25, -0.2) is 4.98 Å². The van der Waals surface area contributed by atoms with Crippen molar-refractivity contribution < 1.29 is 0 Å². The van der Waals surface area contributed by atoms with E-state index < -0.39 is 0 Å². The van der Waals surface area contributed by atoms with Gasteiger partial charge in [0.05, 0.1) is 0 Å². The lowest BCUT2D eigenvalue weighted by Crippen LogP contribution is -2.17. The number of nitrogens with zero attached hydrogens (tertiary/aromatic N) is 1. The number of aromatic nitrogens is 3. The van der Waals surface area contributed by atoms with Crippen LogP contribution in [0, 0.1) is 0 Å². The molecule has 2 aromatic heterocycles. The van der Waals surface area contributed by atoms with E-state index in [4.69, 9.17) is 5.73 Å². The van der Waals surface area contributed by atoms with Crippen molar-refractivity contribution in [3.63, 3.8) is 0 Å². The first-order chi connectivity index (χ1) is 9.29. The minimum atomic E-state index is -0.124. The average Bonchev–Trinajstić information content (AvgIpc) is 2.85. The Balaban J connectivity index is 2.12. The maximum absolute atomic E-state index is 11.9. The Bertz CT molecular complexity index is 772. The van der Waals surface area contributed by atoms with Crippen LogP contribution >= 0.6 is 0 Å². The number of benzene rings is 1. The van der Waals surface area contributed by atoms with E-state index in [0.29, 0.717) is 24.4 Å². The minimum Gasteiger partial charge on any atom is -0.360 e. The summed E-state index contributed by atoms with van der Waals surface area (Å²) >= 11 is 0. The van der Waals surface area contributed by atoms with Crippen LogP contribution in [-0.2, 0) is 6.42 Å². The Kier molecular flexibility index (Phi) is 2.89. The van der Waals surface area contributed by atoms with E-state index in [-0.39, 0.29) is 5.56 Å². The average molecular weight is 254 g/mol. The first-order valence-corrected chi connectivity index (χ1v) is 6.14. The number of para-hydroxylation sites is 1. The fourth-order valence-corrected chi connectivity index (χ4v) is 2.16. The largest absolute Gasteiger partial charge is 0.360 e. The van der Waals surface area contributed by atoms with Crippen molar-refractivity contribution in [2.45, 2.75) is 6.42 Å². The maximum Gasteiger partial charge on any atom is 0.254 e. The Hall–Kier alpha value is -2.40. The molecule has 0 atom stereocenters. The SMILES string of the molecule is NCCc1cnc(-c2c[nH]c3ccccc23)[nH]c1=O. The Labute approximate surface area is 109 Å². The van der Waals surface area contributed by atoms with Crippen LogP contribution in [0.4, 0.5) is 0 Å². The second-order valence-electron chi connectivity index (χ2n) is 4.37. The molecule has 2 heterocycles. The van der Waals surface area contributed by atoms with Gasteiger partial charge in [-0.1, -0.05) is 18.2 Å². The van der Waals surface area contributed by atoms with Gasteiger partial charge in [-0.05, 0) is 19.0 Å². The lowest BCUT2D eigenvalue weighted by Gasteiger charge is -2.01. The normalized spacial score (nSPS) is 11.0. The van der Waals surface area contributed by atoms with Gasteiger partial charge >= 0.3 is 0 Å². The Morgan fingerprint density at radius 3 is 2.89 bits per heavy atom. The first kappa shape index (κ1) is 11.7. The molecule has 0 bridgehead atoms. The molecule has 0 radical (unpaired) electrons. The molecule has 3 aromatic rings. The predicted octanol–water partition coefficient (Wildman–Crippen LogP) is 1.42. The zero-order valence-corrected chi connectivity index (χ0v) is 10.3. The summed E-state index contributed by atoms with van der Waals surface area (Å²) in [5, 5.41) is 1.04. The van der Waals surface area contributed by atoms with Gasteiger partial charge in [0, 0.05) is 34.4 Å². The summed E-state index contributed by atoms with van der Waals surface area (Å²) in [5.41, 5.74) is 7.86. The maximum atomic E-state index is 11.9. The molecular weight excluding hydrogens is 240 g/mol. The first-order valence-electron chi connectivity index (χ1n) is 6.14. The van der Waals surface area contributed by atoms with Crippen LogP contribution in [-0.4, -0.2) is 21.5 Å². The van der Waals surface area contributed by atoms with Crippen molar-refractivity contribution in [2.24, 2.45) is 5.73 Å². The molecule has 4 N–H and O–H groups in total. The van der Waals surface area contributed by atoms with Crippen LogP contribution in [0.15, 0.2) is 41.5 Å². The molecule has 96 valence electrons. The summed E-state index contributed by atoms with van der Waals surface area (Å²) in [6.07, 6.45) is 3.99. The van der Waals surface area contributed by atoms with Gasteiger partial charge in [-0.15, -0.1) is 0 Å². The van der Waals surface area contributed by atoms with E-state index >= 15 is 0 Å². The molecule has 0 saturated heterocycles. The van der Waals surface area contributed by atoms with Crippen LogP contribution in [0.25, 0.3) is 22.3 Å². The van der Waals surface area contributed by atoms with E-state index in [2.05, 4.69) is 15.0 Å². The van der Waals surface area contributed by atoms with Gasteiger partial charge in [0.15, 0.2) is 0 Å². The van der Waals surface area contributed by atoms with E-state index in [1.807, 2.05) is 30.5 Å². The van der Waals surface area contributed by atoms with Crippen molar-refractivity contribution in [3.8, 4) is 11.4 Å². The molecule has 0 fully saturated rings. The van der Waals surface area contributed by atoms with Crippen molar-refractivity contribution >= 4 is 10.9 Å². The Morgan fingerprint density at radius 1 is 1.26 bits per heavy atom. The second kappa shape index (κ2) is 4.70. The zero-order chi connectivity index (χ0) is 13.2. The highest BCUT2D eigenvalue weighted by Crippen LogP contribution is 2.24. The molecule has 0 unspecified atom stereocenters. The summed E-state index contributed by atoms with van der Waals surface area (Å²) in [5.74, 6) is 0.572. The molecule has 5 heteroatoms. The molecule has 1 aromatic carbocycles. The van der Waals surface area contributed by atoms with Gasteiger partial charge < -0.3 is 15.7 Å². The van der Waals surface area contributed by atoms with Crippen LogP contribution < -0.4 is 11.3 Å². The molecule has 0 spiro atoms. The molecular formula is C14H14N4O. The van der Waals surface area contributed by atoms with Crippen molar-refractivity contribution in [3.05, 3.63) is 52.6 Å². The number of hydrogen-bond donors (Lipinski definition) is 3. The third kappa shape index (κ3) is 2.04. The van der Waals surface area contributed by atoms with Crippen molar-refractivity contribution in [1.82, 2.24) is 15.0 Å². The molecule has 19 heavy (non-hydrogen) atoms. The minimum absolute atomic E-state index is 0.124. The summed E-state index contributed by atoms with van der Waals surface area (Å²) in [6.45, 7) is 0.442.